The quantitative estimate of drug-likeness (QED) is 0.747. The molecule has 3 N–H and O–H groups in total. The van der Waals surface area contributed by atoms with Crippen LogP contribution in [0.2, 0.25) is 0 Å². The molecule has 0 amide bonds. The molecule has 2 rings (SSSR count). The molecule has 1 unspecified atom stereocenters. The van der Waals surface area contributed by atoms with E-state index >= 15 is 0 Å². The van der Waals surface area contributed by atoms with Crippen molar-refractivity contribution in [2.45, 2.75) is 12.5 Å². The summed E-state index contributed by atoms with van der Waals surface area (Å²) in [6.45, 7) is 0. The van der Waals surface area contributed by atoms with Crippen LogP contribution >= 0.6 is 11.7 Å². The van der Waals surface area contributed by atoms with E-state index in [1.165, 1.54) is 11.7 Å². The zero-order valence-corrected chi connectivity index (χ0v) is 7.66. The second-order valence-electron chi connectivity index (χ2n) is 2.68. The summed E-state index contributed by atoms with van der Waals surface area (Å²) in [4.78, 5) is 7.04. The average molecular weight is 195 g/mol. The van der Waals surface area contributed by atoms with Gasteiger partial charge in [0.25, 0.3) is 0 Å². The van der Waals surface area contributed by atoms with Crippen molar-refractivity contribution in [3.05, 3.63) is 30.1 Å². The molecular weight excluding hydrogens is 186 g/mol. The molecule has 0 aliphatic heterocycles. The number of imidazole rings is 1. The highest BCUT2D eigenvalue weighted by atomic mass is 32.1. The first kappa shape index (κ1) is 8.33. The lowest BCUT2D eigenvalue weighted by molar-refractivity contribution is 0.669. The van der Waals surface area contributed by atoms with E-state index in [9.17, 15) is 0 Å². The van der Waals surface area contributed by atoms with Crippen LogP contribution in [0.1, 0.15) is 17.6 Å². The van der Waals surface area contributed by atoms with Gasteiger partial charge in [0.1, 0.15) is 5.82 Å². The maximum absolute atomic E-state index is 5.87. The smallest absolute Gasteiger partial charge is 0.123 e. The Kier molecular flexibility index (Phi) is 2.33. The van der Waals surface area contributed by atoms with Crippen LogP contribution in [0.15, 0.2) is 18.6 Å². The van der Waals surface area contributed by atoms with Crippen molar-refractivity contribution in [1.29, 1.82) is 0 Å². The molecule has 0 radical (unpaired) electrons. The summed E-state index contributed by atoms with van der Waals surface area (Å²) in [5.74, 6) is 0.785. The minimum atomic E-state index is -0.126. The molecule has 0 saturated heterocycles. The number of aromatic amines is 1. The molecule has 0 spiro atoms. The summed E-state index contributed by atoms with van der Waals surface area (Å²) in [5.41, 5.74) is 6.78. The second-order valence-corrected chi connectivity index (χ2v) is 3.24. The number of rotatable bonds is 3. The maximum Gasteiger partial charge on any atom is 0.123 e. The maximum atomic E-state index is 5.87. The molecule has 2 aromatic heterocycles. The van der Waals surface area contributed by atoms with Crippen LogP contribution in [0.25, 0.3) is 0 Å². The van der Waals surface area contributed by atoms with Gasteiger partial charge in [-0.3, -0.25) is 0 Å². The van der Waals surface area contributed by atoms with Gasteiger partial charge in [-0.25, -0.2) is 4.98 Å². The third-order valence-corrected chi connectivity index (χ3v) is 2.22. The predicted molar refractivity (Wildman–Crippen MR) is 49.1 cm³/mol. The number of aromatic nitrogens is 4. The minimum Gasteiger partial charge on any atom is -0.347 e. The first-order chi connectivity index (χ1) is 6.36. The fourth-order valence-electron chi connectivity index (χ4n) is 1.08. The SMILES string of the molecule is NC(Cc1cnsn1)c1ncc[nH]1. The first-order valence-electron chi connectivity index (χ1n) is 3.87. The normalized spacial score (nSPS) is 13.0. The molecular formula is C7H9N5S. The monoisotopic (exact) mass is 195 g/mol. The van der Waals surface area contributed by atoms with Gasteiger partial charge in [0.2, 0.25) is 0 Å². The Morgan fingerprint density at radius 3 is 3.15 bits per heavy atom. The predicted octanol–water partition coefficient (Wildman–Crippen LogP) is 0.504. The fraction of sp³-hybridized carbons (Fsp3) is 0.286. The topological polar surface area (TPSA) is 80.5 Å². The number of nitrogens with zero attached hydrogens (tertiary/aromatic N) is 3. The van der Waals surface area contributed by atoms with Gasteiger partial charge in [-0.2, -0.15) is 8.75 Å². The van der Waals surface area contributed by atoms with Crippen molar-refractivity contribution < 1.29 is 0 Å². The number of hydrogen-bond donors (Lipinski definition) is 2. The molecule has 1 atom stereocenters. The Bertz CT molecular complexity index is 341. The van der Waals surface area contributed by atoms with Gasteiger partial charge in [0, 0.05) is 18.8 Å². The van der Waals surface area contributed by atoms with Gasteiger partial charge in [-0.1, -0.05) is 0 Å². The largest absolute Gasteiger partial charge is 0.347 e. The van der Waals surface area contributed by atoms with Crippen LogP contribution in [0.3, 0.4) is 0 Å². The molecule has 68 valence electrons. The third kappa shape index (κ3) is 1.90. The molecule has 13 heavy (non-hydrogen) atoms. The van der Waals surface area contributed by atoms with Crippen molar-refractivity contribution in [1.82, 2.24) is 18.7 Å². The van der Waals surface area contributed by atoms with Gasteiger partial charge in [-0.05, 0) is 0 Å². The van der Waals surface area contributed by atoms with Crippen LogP contribution in [-0.4, -0.2) is 18.7 Å². The summed E-state index contributed by atoms with van der Waals surface area (Å²) < 4.78 is 7.98. The Balaban J connectivity index is 2.04. The number of nitrogens with one attached hydrogen (secondary N) is 1. The fourth-order valence-corrected chi connectivity index (χ4v) is 1.52. The lowest BCUT2D eigenvalue weighted by Gasteiger charge is -2.04. The second kappa shape index (κ2) is 3.63. The minimum absolute atomic E-state index is 0.126. The van der Waals surface area contributed by atoms with Gasteiger partial charge >= 0.3 is 0 Å². The number of H-pyrrole nitrogens is 1. The van der Waals surface area contributed by atoms with E-state index in [1.807, 2.05) is 0 Å². The molecule has 0 aliphatic carbocycles. The zero-order chi connectivity index (χ0) is 9.10. The van der Waals surface area contributed by atoms with Gasteiger partial charge in [0.05, 0.1) is 29.7 Å². The third-order valence-electron chi connectivity index (χ3n) is 1.71. The van der Waals surface area contributed by atoms with Crippen molar-refractivity contribution in [3.63, 3.8) is 0 Å². The summed E-state index contributed by atoms with van der Waals surface area (Å²) in [5, 5.41) is 0. The highest BCUT2D eigenvalue weighted by molar-refractivity contribution is 6.99. The average Bonchev–Trinajstić information content (AvgIpc) is 2.74. The summed E-state index contributed by atoms with van der Waals surface area (Å²) in [6.07, 6.45) is 5.85. The van der Waals surface area contributed by atoms with E-state index in [0.29, 0.717) is 6.42 Å². The van der Waals surface area contributed by atoms with Gasteiger partial charge in [0.15, 0.2) is 0 Å². The van der Waals surface area contributed by atoms with E-state index in [0.717, 1.165) is 11.5 Å². The van der Waals surface area contributed by atoms with Gasteiger partial charge in [-0.15, -0.1) is 0 Å². The van der Waals surface area contributed by atoms with E-state index in [-0.39, 0.29) is 6.04 Å². The van der Waals surface area contributed by atoms with E-state index in [4.69, 9.17) is 5.73 Å². The number of hydrogen-bond acceptors (Lipinski definition) is 5. The van der Waals surface area contributed by atoms with Crippen molar-refractivity contribution in [3.8, 4) is 0 Å². The molecule has 0 fully saturated rings. The van der Waals surface area contributed by atoms with Crippen LogP contribution in [0, 0.1) is 0 Å². The van der Waals surface area contributed by atoms with Gasteiger partial charge < -0.3 is 10.7 Å². The molecule has 0 aromatic carbocycles. The Morgan fingerprint density at radius 1 is 1.62 bits per heavy atom. The summed E-state index contributed by atoms with van der Waals surface area (Å²) in [7, 11) is 0. The van der Waals surface area contributed by atoms with Crippen molar-refractivity contribution in [2.75, 3.05) is 0 Å². The van der Waals surface area contributed by atoms with E-state index < -0.39 is 0 Å². The van der Waals surface area contributed by atoms with Crippen molar-refractivity contribution >= 4 is 11.7 Å². The molecule has 6 heteroatoms. The Hall–Kier alpha value is -1.27. The Morgan fingerprint density at radius 2 is 2.54 bits per heavy atom. The van der Waals surface area contributed by atoms with Crippen LogP contribution in [-0.2, 0) is 6.42 Å². The van der Waals surface area contributed by atoms with Crippen molar-refractivity contribution in [2.24, 2.45) is 5.73 Å². The zero-order valence-electron chi connectivity index (χ0n) is 6.84. The Labute approximate surface area is 79.3 Å². The lowest BCUT2D eigenvalue weighted by atomic mass is 10.2. The summed E-state index contributed by atoms with van der Waals surface area (Å²) in [6, 6.07) is -0.126. The molecule has 2 heterocycles. The molecule has 0 saturated carbocycles. The van der Waals surface area contributed by atoms with Crippen LogP contribution in [0.5, 0.6) is 0 Å². The summed E-state index contributed by atoms with van der Waals surface area (Å²) >= 11 is 1.19. The van der Waals surface area contributed by atoms with E-state index in [2.05, 4.69) is 18.7 Å². The van der Waals surface area contributed by atoms with Crippen LogP contribution in [0.4, 0.5) is 0 Å². The lowest BCUT2D eigenvalue weighted by Crippen LogP contribution is -2.14. The molecule has 0 bridgehead atoms. The molecule has 0 aliphatic rings. The highest BCUT2D eigenvalue weighted by Crippen LogP contribution is 2.10. The molecule has 5 nitrogen and oxygen atoms in total. The van der Waals surface area contributed by atoms with E-state index in [1.54, 1.807) is 18.6 Å². The molecule has 2 aromatic rings. The van der Waals surface area contributed by atoms with Crippen LogP contribution < -0.4 is 5.73 Å². The number of nitrogens with two attached hydrogens (primary N) is 1. The standard InChI is InChI=1S/C7H9N5S/c8-6(7-9-1-2-10-7)3-5-4-11-13-12-5/h1-2,4,6H,3,8H2,(H,9,10). The highest BCUT2D eigenvalue weighted by Gasteiger charge is 2.10. The first-order valence-corrected chi connectivity index (χ1v) is 4.60.